The van der Waals surface area contributed by atoms with E-state index in [0.29, 0.717) is 35.8 Å². The highest BCUT2D eigenvalue weighted by atomic mass is 35.5. The predicted octanol–water partition coefficient (Wildman–Crippen LogP) is 5.15. The van der Waals surface area contributed by atoms with E-state index in [-0.39, 0.29) is 17.5 Å². The minimum atomic E-state index is -0.403. The minimum absolute atomic E-state index is 0.0245. The van der Waals surface area contributed by atoms with Crippen LogP contribution < -0.4 is 9.64 Å². The van der Waals surface area contributed by atoms with Crippen molar-refractivity contribution < 1.29 is 14.5 Å². The van der Waals surface area contributed by atoms with Crippen LogP contribution in [-0.2, 0) is 0 Å². The number of rotatable bonds is 7. The first-order valence-corrected chi connectivity index (χ1v) is 11.9. The van der Waals surface area contributed by atoms with Crippen molar-refractivity contribution in [2.24, 2.45) is 0 Å². The van der Waals surface area contributed by atoms with Crippen LogP contribution in [0.15, 0.2) is 54.6 Å². The molecule has 2 heterocycles. The Labute approximate surface area is 207 Å². The van der Waals surface area contributed by atoms with Gasteiger partial charge in [0.1, 0.15) is 18.1 Å². The molecule has 3 aromatic carbocycles. The number of nitro groups is 1. The van der Waals surface area contributed by atoms with Gasteiger partial charge in [0, 0.05) is 41.9 Å². The fourth-order valence-corrected chi connectivity index (χ4v) is 4.96. The van der Waals surface area contributed by atoms with Crippen LogP contribution in [0.4, 0.5) is 11.4 Å². The number of amides is 1. The number of carbonyl (C=O) groups excluding carboxylic acids is 1. The van der Waals surface area contributed by atoms with Gasteiger partial charge in [0.25, 0.3) is 11.6 Å². The van der Waals surface area contributed by atoms with E-state index in [1.165, 1.54) is 6.07 Å². The first kappa shape index (κ1) is 23.1. The Morgan fingerprint density at radius 1 is 1.20 bits per heavy atom. The molecule has 1 aromatic heterocycles. The maximum Gasteiger partial charge on any atom is 0.279 e. The third-order valence-corrected chi connectivity index (χ3v) is 6.78. The fraction of sp³-hybridized carbons (Fsp3) is 0.269. The SMILES string of the molecule is CN(C)CCOc1ccc2[nH]c(C(=O)N3CC(CCl)c4c3cc([N+](=O)[O-])c3ccccc43)cc2c1. The number of benzene rings is 3. The first-order valence-electron chi connectivity index (χ1n) is 11.4. The summed E-state index contributed by atoms with van der Waals surface area (Å²) in [7, 11) is 3.97. The van der Waals surface area contributed by atoms with Crippen molar-refractivity contribution >= 4 is 50.6 Å². The van der Waals surface area contributed by atoms with Gasteiger partial charge in [-0.25, -0.2) is 0 Å². The highest BCUT2D eigenvalue weighted by molar-refractivity contribution is 6.19. The van der Waals surface area contributed by atoms with Crippen molar-refractivity contribution in [3.63, 3.8) is 0 Å². The van der Waals surface area contributed by atoms with E-state index < -0.39 is 4.92 Å². The van der Waals surface area contributed by atoms with Crippen LogP contribution >= 0.6 is 11.6 Å². The van der Waals surface area contributed by atoms with Crippen LogP contribution in [-0.4, -0.2) is 60.4 Å². The zero-order chi connectivity index (χ0) is 24.7. The Morgan fingerprint density at radius 2 is 1.97 bits per heavy atom. The summed E-state index contributed by atoms with van der Waals surface area (Å²) in [6.45, 7) is 1.72. The van der Waals surface area contributed by atoms with Gasteiger partial charge in [-0.05, 0) is 55.4 Å². The number of halogens is 1. The molecule has 1 aliphatic heterocycles. The Bertz CT molecular complexity index is 1450. The summed E-state index contributed by atoms with van der Waals surface area (Å²) < 4.78 is 5.82. The molecule has 0 aliphatic carbocycles. The highest BCUT2D eigenvalue weighted by Gasteiger charge is 2.36. The monoisotopic (exact) mass is 492 g/mol. The maximum absolute atomic E-state index is 13.6. The molecule has 0 saturated carbocycles. The summed E-state index contributed by atoms with van der Waals surface area (Å²) in [5.74, 6) is 0.657. The Kier molecular flexibility index (Phi) is 6.08. The van der Waals surface area contributed by atoms with Crippen LogP contribution in [0.2, 0.25) is 0 Å². The lowest BCUT2D eigenvalue weighted by molar-refractivity contribution is -0.383. The second kappa shape index (κ2) is 9.20. The van der Waals surface area contributed by atoms with Crippen molar-refractivity contribution in [3.05, 3.63) is 76.0 Å². The van der Waals surface area contributed by atoms with Gasteiger partial charge < -0.3 is 19.5 Å². The molecular weight excluding hydrogens is 468 g/mol. The average Bonchev–Trinajstić information content (AvgIpc) is 3.44. The number of nitrogens with zero attached hydrogens (tertiary/aromatic N) is 3. The smallest absolute Gasteiger partial charge is 0.279 e. The zero-order valence-corrected chi connectivity index (χ0v) is 20.2. The molecule has 8 nitrogen and oxygen atoms in total. The number of non-ortho nitro benzene ring substituents is 1. The van der Waals surface area contributed by atoms with Crippen LogP contribution in [0, 0.1) is 10.1 Å². The maximum atomic E-state index is 13.6. The average molecular weight is 493 g/mol. The van der Waals surface area contributed by atoms with E-state index in [2.05, 4.69) is 4.98 Å². The number of hydrogen-bond donors (Lipinski definition) is 1. The van der Waals surface area contributed by atoms with Crippen LogP contribution in [0.1, 0.15) is 22.0 Å². The molecule has 1 amide bonds. The molecule has 9 heteroatoms. The number of likely N-dealkylation sites (N-methyl/N-ethyl adjacent to an activating group) is 1. The molecule has 1 unspecified atom stereocenters. The number of hydrogen-bond acceptors (Lipinski definition) is 5. The number of H-pyrrole nitrogens is 1. The molecule has 0 saturated heterocycles. The molecule has 1 N–H and O–H groups in total. The van der Waals surface area contributed by atoms with Crippen LogP contribution in [0.25, 0.3) is 21.7 Å². The van der Waals surface area contributed by atoms with Crippen molar-refractivity contribution in [1.82, 2.24) is 9.88 Å². The quantitative estimate of drug-likeness (QED) is 0.219. The molecule has 0 spiro atoms. The number of alkyl halides is 1. The standard InChI is InChI=1S/C26H25ClN4O4/c1-29(2)9-10-35-18-7-8-21-16(11-18)12-22(28-21)26(32)30-15-17(14-27)25-20-6-4-3-5-19(20)23(31(33)34)13-24(25)30/h3-8,11-13,17,28H,9-10,14-15H2,1-2H3. The van der Waals surface area contributed by atoms with Gasteiger partial charge in [-0.2, -0.15) is 0 Å². The summed E-state index contributed by atoms with van der Waals surface area (Å²) in [6, 6.07) is 16.2. The molecule has 5 rings (SSSR count). The lowest BCUT2D eigenvalue weighted by Gasteiger charge is -2.17. The van der Waals surface area contributed by atoms with Gasteiger partial charge in [0.15, 0.2) is 0 Å². The van der Waals surface area contributed by atoms with E-state index in [1.807, 2.05) is 49.3 Å². The van der Waals surface area contributed by atoms with Crippen LogP contribution in [0.5, 0.6) is 5.75 Å². The molecule has 0 radical (unpaired) electrons. The van der Waals surface area contributed by atoms with E-state index >= 15 is 0 Å². The summed E-state index contributed by atoms with van der Waals surface area (Å²) in [4.78, 5) is 31.9. The normalized spacial score (nSPS) is 15.2. The summed E-state index contributed by atoms with van der Waals surface area (Å²) >= 11 is 6.30. The topological polar surface area (TPSA) is 91.7 Å². The summed E-state index contributed by atoms with van der Waals surface area (Å²) in [6.07, 6.45) is 0. The van der Waals surface area contributed by atoms with Crippen molar-refractivity contribution in [2.45, 2.75) is 5.92 Å². The van der Waals surface area contributed by atoms with E-state index in [4.69, 9.17) is 16.3 Å². The fourth-order valence-electron chi connectivity index (χ4n) is 4.70. The van der Waals surface area contributed by atoms with Crippen molar-refractivity contribution in [1.29, 1.82) is 0 Å². The van der Waals surface area contributed by atoms with Gasteiger partial charge in [-0.15, -0.1) is 11.6 Å². The van der Waals surface area contributed by atoms with Crippen molar-refractivity contribution in [3.8, 4) is 5.75 Å². The number of nitro benzene ring substituents is 1. The number of anilines is 1. The Balaban J connectivity index is 1.52. The molecule has 1 aliphatic rings. The molecule has 0 fully saturated rings. The van der Waals surface area contributed by atoms with Gasteiger partial charge in [-0.3, -0.25) is 14.9 Å². The van der Waals surface area contributed by atoms with Gasteiger partial charge in [-0.1, -0.05) is 18.2 Å². The number of nitrogens with one attached hydrogen (secondary N) is 1. The minimum Gasteiger partial charge on any atom is -0.492 e. The number of aromatic nitrogens is 1. The Hall–Kier alpha value is -3.62. The molecule has 4 aromatic rings. The second-order valence-electron chi connectivity index (χ2n) is 8.98. The molecule has 1 atom stereocenters. The third-order valence-electron chi connectivity index (χ3n) is 6.40. The molecule has 180 valence electrons. The lowest BCUT2D eigenvalue weighted by Crippen LogP contribution is -2.30. The second-order valence-corrected chi connectivity index (χ2v) is 9.29. The Morgan fingerprint density at radius 3 is 2.69 bits per heavy atom. The van der Waals surface area contributed by atoms with Gasteiger partial charge >= 0.3 is 0 Å². The van der Waals surface area contributed by atoms with Crippen LogP contribution in [0.3, 0.4) is 0 Å². The molecule has 35 heavy (non-hydrogen) atoms. The summed E-state index contributed by atoms with van der Waals surface area (Å²) in [5, 5.41) is 14.0. The van der Waals surface area contributed by atoms with Crippen molar-refractivity contribution in [2.75, 3.05) is 44.6 Å². The number of fused-ring (bicyclic) bond motifs is 4. The van der Waals surface area contributed by atoms with Gasteiger partial charge in [0.2, 0.25) is 0 Å². The highest BCUT2D eigenvalue weighted by Crippen LogP contribution is 2.45. The summed E-state index contributed by atoms with van der Waals surface area (Å²) in [5.41, 5.74) is 2.61. The first-order chi connectivity index (χ1) is 16.9. The largest absolute Gasteiger partial charge is 0.492 e. The van der Waals surface area contributed by atoms with E-state index in [9.17, 15) is 14.9 Å². The number of ether oxygens (including phenoxy) is 1. The predicted molar refractivity (Wildman–Crippen MR) is 138 cm³/mol. The number of aromatic amines is 1. The number of carbonyl (C=O) groups is 1. The van der Waals surface area contributed by atoms with E-state index in [1.54, 1.807) is 23.1 Å². The lowest BCUT2D eigenvalue weighted by atomic mass is 9.95. The third kappa shape index (κ3) is 4.19. The zero-order valence-electron chi connectivity index (χ0n) is 19.5. The molecular formula is C26H25ClN4O4. The van der Waals surface area contributed by atoms with Gasteiger partial charge in [0.05, 0.1) is 16.0 Å². The molecule has 0 bridgehead atoms. The van der Waals surface area contributed by atoms with E-state index in [0.717, 1.165) is 34.1 Å².